The van der Waals surface area contributed by atoms with E-state index < -0.39 is 11.8 Å². The molecule has 3 aromatic carbocycles. The number of hydrogen-bond donors (Lipinski definition) is 2. The summed E-state index contributed by atoms with van der Waals surface area (Å²) in [5, 5.41) is -0.299. The molecule has 0 atom stereocenters. The maximum Gasteiger partial charge on any atom is 0.269 e. The SMILES string of the molecule is O=C(CSC(c1ccc(F)cc1)c1ccc(F)cc1)NNC(=O)c1ccccc1. The zero-order chi connectivity index (χ0) is 20.6. The van der Waals surface area contributed by atoms with Gasteiger partial charge in [0.1, 0.15) is 11.6 Å². The zero-order valence-corrected chi connectivity index (χ0v) is 16.1. The molecule has 0 saturated carbocycles. The molecule has 2 amide bonds. The molecule has 0 radical (unpaired) electrons. The lowest BCUT2D eigenvalue weighted by Crippen LogP contribution is -2.42. The van der Waals surface area contributed by atoms with Crippen molar-refractivity contribution in [2.24, 2.45) is 0 Å². The molecule has 0 heterocycles. The van der Waals surface area contributed by atoms with Crippen molar-refractivity contribution < 1.29 is 18.4 Å². The Morgan fingerprint density at radius 2 is 1.28 bits per heavy atom. The van der Waals surface area contributed by atoms with Gasteiger partial charge < -0.3 is 0 Å². The summed E-state index contributed by atoms with van der Waals surface area (Å²) >= 11 is 1.29. The predicted molar refractivity (Wildman–Crippen MR) is 109 cm³/mol. The average Bonchev–Trinajstić information content (AvgIpc) is 2.75. The first kappa shape index (κ1) is 20.5. The number of carbonyl (C=O) groups is 2. The van der Waals surface area contributed by atoms with E-state index in [9.17, 15) is 18.4 Å². The smallest absolute Gasteiger partial charge is 0.269 e. The molecule has 29 heavy (non-hydrogen) atoms. The molecular formula is C22H18F2N2O2S. The fourth-order valence-corrected chi connectivity index (χ4v) is 3.73. The Kier molecular flexibility index (Phi) is 6.97. The molecule has 0 unspecified atom stereocenters. The summed E-state index contributed by atoms with van der Waals surface area (Å²) in [5.41, 5.74) is 6.73. The van der Waals surface area contributed by atoms with Crippen LogP contribution in [0.1, 0.15) is 26.7 Å². The third kappa shape index (κ3) is 5.89. The van der Waals surface area contributed by atoms with Gasteiger partial charge in [-0.15, -0.1) is 11.8 Å². The first-order chi connectivity index (χ1) is 14.0. The maximum absolute atomic E-state index is 13.3. The molecule has 4 nitrogen and oxygen atoms in total. The lowest BCUT2D eigenvalue weighted by atomic mass is 10.0. The molecule has 0 aromatic heterocycles. The molecule has 0 aliphatic heterocycles. The van der Waals surface area contributed by atoms with E-state index in [4.69, 9.17) is 0 Å². The topological polar surface area (TPSA) is 58.2 Å². The highest BCUT2D eigenvalue weighted by Gasteiger charge is 2.17. The van der Waals surface area contributed by atoms with Crippen LogP contribution in [0.15, 0.2) is 78.9 Å². The van der Waals surface area contributed by atoms with Gasteiger partial charge in [-0.2, -0.15) is 0 Å². The normalized spacial score (nSPS) is 10.6. The van der Waals surface area contributed by atoms with Crippen LogP contribution in [0.5, 0.6) is 0 Å². The predicted octanol–water partition coefficient (Wildman–Crippen LogP) is 4.25. The van der Waals surface area contributed by atoms with Gasteiger partial charge in [-0.3, -0.25) is 20.4 Å². The van der Waals surface area contributed by atoms with E-state index in [-0.39, 0.29) is 22.6 Å². The van der Waals surface area contributed by atoms with E-state index in [1.54, 1.807) is 54.6 Å². The van der Waals surface area contributed by atoms with Gasteiger partial charge in [0.15, 0.2) is 0 Å². The average molecular weight is 412 g/mol. The van der Waals surface area contributed by atoms with Crippen molar-refractivity contribution in [1.29, 1.82) is 0 Å². The highest BCUT2D eigenvalue weighted by atomic mass is 32.2. The number of carbonyl (C=O) groups excluding carboxylic acids is 2. The van der Waals surface area contributed by atoms with Crippen molar-refractivity contribution in [2.45, 2.75) is 5.25 Å². The molecule has 0 aliphatic rings. The van der Waals surface area contributed by atoms with Crippen LogP contribution in [0, 0.1) is 11.6 Å². The molecule has 0 spiro atoms. The summed E-state index contributed by atoms with van der Waals surface area (Å²) in [4.78, 5) is 24.2. The van der Waals surface area contributed by atoms with Crippen molar-refractivity contribution in [2.75, 3.05) is 5.75 Å². The van der Waals surface area contributed by atoms with E-state index in [0.717, 1.165) is 11.1 Å². The summed E-state index contributed by atoms with van der Waals surface area (Å²) in [5.74, 6) is -1.50. The zero-order valence-electron chi connectivity index (χ0n) is 15.3. The Morgan fingerprint density at radius 3 is 1.79 bits per heavy atom. The molecule has 2 N–H and O–H groups in total. The summed E-state index contributed by atoms with van der Waals surface area (Å²) in [6.07, 6.45) is 0. The van der Waals surface area contributed by atoms with Gasteiger partial charge in [0.05, 0.1) is 11.0 Å². The second-order valence-corrected chi connectivity index (χ2v) is 7.26. The van der Waals surface area contributed by atoms with Gasteiger partial charge in [0, 0.05) is 5.56 Å². The lowest BCUT2D eigenvalue weighted by Gasteiger charge is -2.18. The highest BCUT2D eigenvalue weighted by molar-refractivity contribution is 8.00. The largest absolute Gasteiger partial charge is 0.272 e. The van der Waals surface area contributed by atoms with Crippen LogP contribution >= 0.6 is 11.8 Å². The van der Waals surface area contributed by atoms with Crippen molar-refractivity contribution >= 4 is 23.6 Å². The molecule has 3 aromatic rings. The van der Waals surface area contributed by atoms with Crippen LogP contribution in [-0.4, -0.2) is 17.6 Å². The third-order valence-corrected chi connectivity index (χ3v) is 5.38. The fraction of sp³-hybridized carbons (Fsp3) is 0.0909. The molecule has 0 saturated heterocycles. The second-order valence-electron chi connectivity index (χ2n) is 6.16. The number of nitrogens with one attached hydrogen (secondary N) is 2. The van der Waals surface area contributed by atoms with Gasteiger partial charge in [-0.25, -0.2) is 8.78 Å². The minimum atomic E-state index is -0.419. The number of thioether (sulfide) groups is 1. The molecular weight excluding hydrogens is 394 g/mol. The van der Waals surface area contributed by atoms with E-state index in [1.807, 2.05) is 0 Å². The number of halogens is 2. The van der Waals surface area contributed by atoms with Crippen LogP contribution in [0.2, 0.25) is 0 Å². The first-order valence-corrected chi connectivity index (χ1v) is 9.84. The molecule has 0 fully saturated rings. The minimum absolute atomic E-state index is 0.0362. The number of rotatable bonds is 6. The van der Waals surface area contributed by atoms with Crippen LogP contribution < -0.4 is 10.9 Å². The van der Waals surface area contributed by atoms with Crippen LogP contribution in [0.3, 0.4) is 0 Å². The van der Waals surface area contributed by atoms with Gasteiger partial charge in [-0.05, 0) is 47.5 Å². The van der Waals surface area contributed by atoms with E-state index in [2.05, 4.69) is 10.9 Å². The van der Waals surface area contributed by atoms with Crippen molar-refractivity contribution in [3.63, 3.8) is 0 Å². The number of hydrazine groups is 1. The first-order valence-electron chi connectivity index (χ1n) is 8.79. The Balaban J connectivity index is 1.63. The lowest BCUT2D eigenvalue weighted by molar-refractivity contribution is -0.119. The molecule has 7 heteroatoms. The Morgan fingerprint density at radius 1 is 0.759 bits per heavy atom. The Labute approximate surface area is 171 Å². The van der Waals surface area contributed by atoms with Gasteiger partial charge in [-0.1, -0.05) is 42.5 Å². The van der Waals surface area contributed by atoms with Crippen LogP contribution in [0.4, 0.5) is 8.78 Å². The standard InChI is InChI=1S/C22H18F2N2O2S/c23-18-10-6-15(7-11-18)21(16-8-12-19(24)13-9-16)29-14-20(27)25-26-22(28)17-4-2-1-3-5-17/h1-13,21H,14H2,(H,25,27)(H,26,28). The molecule has 0 aliphatic carbocycles. The Hall–Kier alpha value is -3.19. The quantitative estimate of drug-likeness (QED) is 0.595. The van der Waals surface area contributed by atoms with E-state index in [0.29, 0.717) is 5.56 Å². The maximum atomic E-state index is 13.3. The van der Waals surface area contributed by atoms with Crippen LogP contribution in [0.25, 0.3) is 0 Å². The van der Waals surface area contributed by atoms with Crippen molar-refractivity contribution in [1.82, 2.24) is 10.9 Å². The summed E-state index contributed by atoms with van der Waals surface area (Å²) in [7, 11) is 0. The molecule has 0 bridgehead atoms. The van der Waals surface area contributed by atoms with E-state index >= 15 is 0 Å². The molecule has 148 valence electrons. The number of benzene rings is 3. The van der Waals surface area contributed by atoms with Crippen molar-refractivity contribution in [3.8, 4) is 0 Å². The third-order valence-electron chi connectivity index (χ3n) is 4.08. The summed E-state index contributed by atoms with van der Waals surface area (Å²) in [6, 6.07) is 20.4. The monoisotopic (exact) mass is 412 g/mol. The number of amides is 2. The summed E-state index contributed by atoms with van der Waals surface area (Å²) in [6.45, 7) is 0. The van der Waals surface area contributed by atoms with Gasteiger partial charge in [0.2, 0.25) is 5.91 Å². The van der Waals surface area contributed by atoms with Crippen LogP contribution in [-0.2, 0) is 4.79 Å². The number of hydrogen-bond acceptors (Lipinski definition) is 3. The Bertz CT molecular complexity index is 919. The summed E-state index contributed by atoms with van der Waals surface area (Å²) < 4.78 is 26.5. The van der Waals surface area contributed by atoms with Gasteiger partial charge >= 0.3 is 0 Å². The van der Waals surface area contributed by atoms with E-state index in [1.165, 1.54) is 36.0 Å². The van der Waals surface area contributed by atoms with Crippen molar-refractivity contribution in [3.05, 3.63) is 107 Å². The highest BCUT2D eigenvalue weighted by Crippen LogP contribution is 2.35. The second kappa shape index (κ2) is 9.84. The fourth-order valence-electron chi connectivity index (χ4n) is 2.64. The minimum Gasteiger partial charge on any atom is -0.272 e. The molecule has 3 rings (SSSR count). The van der Waals surface area contributed by atoms with Gasteiger partial charge in [0.25, 0.3) is 5.91 Å².